The number of carbonyl (C=O) groups is 2. The van der Waals surface area contributed by atoms with Gasteiger partial charge in [-0.05, 0) is 131 Å². The first-order valence-corrected chi connectivity index (χ1v) is 25.9. The van der Waals surface area contributed by atoms with E-state index in [0.29, 0.717) is 28.1 Å². The summed E-state index contributed by atoms with van der Waals surface area (Å²) in [5, 5.41) is 6.10. The molecule has 0 unspecified atom stereocenters. The number of amides is 1. The van der Waals surface area contributed by atoms with E-state index in [1.807, 2.05) is 82.3 Å². The van der Waals surface area contributed by atoms with Crippen LogP contribution in [-0.2, 0) is 24.2 Å². The Morgan fingerprint density at radius 1 is 0.507 bits per heavy atom. The molecule has 0 radical (unpaired) electrons. The van der Waals surface area contributed by atoms with Crippen LogP contribution in [0.15, 0.2) is 100 Å². The molecule has 2 aromatic carbocycles. The minimum atomic E-state index is -0.0775. The summed E-state index contributed by atoms with van der Waals surface area (Å²) in [6, 6.07) is 28.1. The van der Waals surface area contributed by atoms with E-state index < -0.39 is 0 Å². The van der Waals surface area contributed by atoms with Crippen LogP contribution < -0.4 is 10.6 Å². The number of nitrogens with one attached hydrogen (secondary N) is 2. The molecular formula is C63H110N2O4. The number of benzene rings is 2. The zero-order valence-electron chi connectivity index (χ0n) is 49.7. The van der Waals surface area contributed by atoms with Gasteiger partial charge in [-0.25, -0.2) is 0 Å². The van der Waals surface area contributed by atoms with E-state index >= 15 is 0 Å². The SMILES string of the molecule is CC(=O)NC(C)(C)C.CC(C)(C)CC(=O)c1ccccc1.CC(C)(C)CCc1ccccc1.CC(C)(C)CCc1ccco1.CCC(C)(C)C.CCCC(C)(C)C.Cc1ccc(CNC(C)(C)C)o1. The number of hydrogen-bond donors (Lipinski definition) is 2. The summed E-state index contributed by atoms with van der Waals surface area (Å²) in [5.41, 5.74) is 4.38. The van der Waals surface area contributed by atoms with E-state index in [2.05, 4.69) is 179 Å². The largest absolute Gasteiger partial charge is 0.469 e. The fraction of sp³-hybridized carbons (Fsp3) is 0.651. The van der Waals surface area contributed by atoms with Crippen LogP contribution in [0.4, 0.5) is 0 Å². The predicted octanol–water partition coefficient (Wildman–Crippen LogP) is 18.9. The molecule has 0 fully saturated rings. The molecule has 4 rings (SSSR count). The number of hydrogen-bond acceptors (Lipinski definition) is 5. The average molecular weight is 960 g/mol. The number of rotatable bonds is 9. The number of carbonyl (C=O) groups excluding carboxylic acids is 2. The Balaban J connectivity index is -0.000000748. The van der Waals surface area contributed by atoms with Gasteiger partial charge >= 0.3 is 0 Å². The second-order valence-electron chi connectivity index (χ2n) is 26.5. The van der Waals surface area contributed by atoms with Gasteiger partial charge < -0.3 is 19.5 Å². The van der Waals surface area contributed by atoms with Crippen molar-refractivity contribution < 1.29 is 18.4 Å². The summed E-state index contributed by atoms with van der Waals surface area (Å²) in [6.45, 7) is 54.4. The highest BCUT2D eigenvalue weighted by Gasteiger charge is 2.17. The molecule has 0 saturated heterocycles. The molecule has 4 aromatic rings. The Labute approximate surface area is 427 Å². The van der Waals surface area contributed by atoms with Crippen molar-refractivity contribution in [3.05, 3.63) is 120 Å². The highest BCUT2D eigenvalue weighted by molar-refractivity contribution is 5.96. The highest BCUT2D eigenvalue weighted by Crippen LogP contribution is 2.23. The van der Waals surface area contributed by atoms with Crippen molar-refractivity contribution in [1.29, 1.82) is 0 Å². The van der Waals surface area contributed by atoms with E-state index in [1.54, 1.807) is 6.26 Å². The van der Waals surface area contributed by atoms with Crippen LogP contribution in [0.5, 0.6) is 0 Å². The molecule has 0 aliphatic rings. The lowest BCUT2D eigenvalue weighted by molar-refractivity contribution is -0.120. The molecule has 69 heavy (non-hydrogen) atoms. The molecule has 0 saturated carbocycles. The summed E-state index contributed by atoms with van der Waals surface area (Å²) in [6.07, 6.45) is 11.0. The van der Waals surface area contributed by atoms with Gasteiger partial charge in [0, 0.05) is 36.4 Å². The second-order valence-corrected chi connectivity index (χ2v) is 26.5. The lowest BCUT2D eigenvalue weighted by atomic mass is 9.88. The molecule has 6 heteroatoms. The molecule has 0 aliphatic carbocycles. The Hall–Kier alpha value is -3.90. The first kappa shape index (κ1) is 69.4. The third kappa shape index (κ3) is 54.9. The summed E-state index contributed by atoms with van der Waals surface area (Å²) in [7, 11) is 0. The van der Waals surface area contributed by atoms with Gasteiger partial charge in [0.15, 0.2) is 5.78 Å². The molecule has 0 atom stereocenters. The minimum Gasteiger partial charge on any atom is -0.469 e. The Bertz CT molecular complexity index is 1820. The smallest absolute Gasteiger partial charge is 0.217 e. The Kier molecular flexibility index (Phi) is 33.8. The standard InChI is InChI=1S/C12H16O.C12H18.C10H17NO.C10H16O.C7H16.C6H13NO.C6H14/c1-12(2,3)9-11(13)10-7-5-4-6-8-10;1-12(2,3)10-9-11-7-5-4-6-8-11;1-8-5-6-9(12-8)7-11-10(2,3)4;1-10(2,3)7-6-9-5-4-8-11-9;1-5-6-7(2,3)4;1-5(8)7-6(2,3)4;1-5-6(2,3)4/h4-8H,9H2,1-3H3;4-8H,9-10H2,1-3H3;5-6,11H,7H2,1-4H3;4-5,8H,6-7H2,1-3H3;5-6H2,1-4H3;1-4H3,(H,7,8);5H2,1-4H3. The van der Waals surface area contributed by atoms with Gasteiger partial charge in [-0.15, -0.1) is 0 Å². The molecule has 0 bridgehead atoms. The van der Waals surface area contributed by atoms with Gasteiger partial charge in [0.1, 0.15) is 17.3 Å². The van der Waals surface area contributed by atoms with Crippen LogP contribution in [0.25, 0.3) is 0 Å². The average Bonchev–Trinajstić information content (AvgIpc) is 3.86. The van der Waals surface area contributed by atoms with Crippen molar-refractivity contribution in [2.75, 3.05) is 0 Å². The molecule has 2 N–H and O–H groups in total. The van der Waals surface area contributed by atoms with Crippen molar-refractivity contribution in [1.82, 2.24) is 10.6 Å². The molecule has 2 aromatic heterocycles. The third-order valence-corrected chi connectivity index (χ3v) is 9.70. The van der Waals surface area contributed by atoms with Crippen LogP contribution in [0, 0.1) is 34.0 Å². The van der Waals surface area contributed by atoms with Crippen LogP contribution in [-0.4, -0.2) is 22.8 Å². The number of ketones is 1. The topological polar surface area (TPSA) is 84.5 Å². The van der Waals surface area contributed by atoms with Crippen LogP contribution >= 0.6 is 0 Å². The third-order valence-electron chi connectivity index (χ3n) is 9.70. The first-order valence-electron chi connectivity index (χ1n) is 25.9. The van der Waals surface area contributed by atoms with Crippen molar-refractivity contribution >= 4 is 11.7 Å². The molecule has 2 heterocycles. The molecule has 396 valence electrons. The van der Waals surface area contributed by atoms with Gasteiger partial charge in [-0.2, -0.15) is 0 Å². The van der Waals surface area contributed by atoms with Gasteiger partial charge in [-0.1, -0.05) is 191 Å². The van der Waals surface area contributed by atoms with Gasteiger partial charge in [0.2, 0.25) is 5.91 Å². The highest BCUT2D eigenvalue weighted by atomic mass is 16.3. The molecule has 6 nitrogen and oxygen atoms in total. The maximum Gasteiger partial charge on any atom is 0.217 e. The van der Waals surface area contributed by atoms with Crippen LogP contribution in [0.3, 0.4) is 0 Å². The van der Waals surface area contributed by atoms with Crippen molar-refractivity contribution in [3.8, 4) is 0 Å². The number of Topliss-reactive ketones (excluding diaryl/α,β-unsaturated/α-hetero) is 1. The Morgan fingerprint density at radius 3 is 1.28 bits per heavy atom. The minimum absolute atomic E-state index is 0.0255. The maximum absolute atomic E-state index is 11.7. The lowest BCUT2D eigenvalue weighted by Crippen LogP contribution is -2.38. The van der Waals surface area contributed by atoms with Gasteiger partial charge in [0.25, 0.3) is 0 Å². The van der Waals surface area contributed by atoms with Crippen molar-refractivity contribution in [2.24, 2.45) is 27.1 Å². The molecule has 0 spiro atoms. The normalized spacial score (nSPS) is 11.7. The molecule has 0 aliphatic heterocycles. The fourth-order valence-corrected chi connectivity index (χ4v) is 5.54. The first-order chi connectivity index (χ1) is 31.2. The van der Waals surface area contributed by atoms with E-state index in [9.17, 15) is 9.59 Å². The van der Waals surface area contributed by atoms with Gasteiger partial charge in [0.05, 0.1) is 12.8 Å². The van der Waals surface area contributed by atoms with E-state index in [-0.39, 0.29) is 28.2 Å². The van der Waals surface area contributed by atoms with Crippen molar-refractivity contribution in [3.63, 3.8) is 0 Å². The van der Waals surface area contributed by atoms with Crippen LogP contribution in [0.2, 0.25) is 0 Å². The predicted molar refractivity (Wildman–Crippen MR) is 303 cm³/mol. The quantitative estimate of drug-likeness (QED) is 0.163. The zero-order chi connectivity index (χ0) is 54.3. The van der Waals surface area contributed by atoms with Gasteiger partial charge in [-0.3, -0.25) is 9.59 Å². The number of aryl methyl sites for hydroxylation is 3. The molecule has 1 amide bonds. The second kappa shape index (κ2) is 33.6. The summed E-state index contributed by atoms with van der Waals surface area (Å²) >= 11 is 0. The molecular weight excluding hydrogens is 849 g/mol. The van der Waals surface area contributed by atoms with Crippen molar-refractivity contribution in [2.45, 2.75) is 242 Å². The number of furan rings is 2. The summed E-state index contributed by atoms with van der Waals surface area (Å²) in [5.74, 6) is 3.33. The zero-order valence-corrected chi connectivity index (χ0v) is 49.7. The monoisotopic (exact) mass is 959 g/mol. The fourth-order valence-electron chi connectivity index (χ4n) is 5.54. The van der Waals surface area contributed by atoms with E-state index in [4.69, 9.17) is 8.83 Å². The maximum atomic E-state index is 11.7. The summed E-state index contributed by atoms with van der Waals surface area (Å²) in [4.78, 5) is 22.0. The van der Waals surface area contributed by atoms with E-state index in [1.165, 1.54) is 51.0 Å². The summed E-state index contributed by atoms with van der Waals surface area (Å²) < 4.78 is 10.6. The van der Waals surface area contributed by atoms with E-state index in [0.717, 1.165) is 35.8 Å². The lowest BCUT2D eigenvalue weighted by Gasteiger charge is -2.19. The Morgan fingerprint density at radius 2 is 0.971 bits per heavy atom. The van der Waals surface area contributed by atoms with Crippen LogP contribution in [0.1, 0.15) is 238 Å².